The highest BCUT2D eigenvalue weighted by atomic mass is 32.2. The molecule has 2 rings (SSSR count). The number of carbonyl (C=O) groups excluding carboxylic acids is 1. The van der Waals surface area contributed by atoms with Crippen molar-refractivity contribution in [2.45, 2.75) is 4.90 Å². The van der Waals surface area contributed by atoms with E-state index in [-0.39, 0.29) is 29.2 Å². The van der Waals surface area contributed by atoms with Crippen LogP contribution in [0.3, 0.4) is 0 Å². The predicted octanol–water partition coefficient (Wildman–Crippen LogP) is 1.98. The van der Waals surface area contributed by atoms with Crippen LogP contribution in [-0.4, -0.2) is 32.3 Å². The van der Waals surface area contributed by atoms with Crippen LogP contribution in [0.4, 0.5) is 5.69 Å². The number of hydrogen-bond acceptors (Lipinski definition) is 5. The molecule has 0 aliphatic heterocycles. The topological polar surface area (TPSA) is 114 Å². The van der Waals surface area contributed by atoms with Gasteiger partial charge in [0.1, 0.15) is 13.1 Å². The first kappa shape index (κ1) is 18.0. The summed E-state index contributed by atoms with van der Waals surface area (Å²) in [5.74, 6) is -0.524. The van der Waals surface area contributed by atoms with Crippen LogP contribution in [-0.2, 0) is 10.0 Å². The maximum atomic E-state index is 12.4. The molecule has 0 unspecified atom stereocenters. The maximum absolute atomic E-state index is 12.4. The van der Waals surface area contributed by atoms with Crippen LogP contribution in [0, 0.1) is 22.7 Å². The summed E-state index contributed by atoms with van der Waals surface area (Å²) < 4.78 is 27.1. The van der Waals surface area contributed by atoms with Gasteiger partial charge in [-0.1, -0.05) is 24.3 Å². The second-order valence-corrected chi connectivity index (χ2v) is 6.66. The van der Waals surface area contributed by atoms with Gasteiger partial charge in [-0.05, 0) is 30.3 Å². The Bertz CT molecular complexity index is 928. The molecule has 0 spiro atoms. The summed E-state index contributed by atoms with van der Waals surface area (Å²) in [5, 5.41) is 17.5. The zero-order chi connectivity index (χ0) is 18.3. The molecule has 2 aromatic rings. The maximum Gasteiger partial charge on any atom is 0.261 e. The Kier molecular flexibility index (Phi) is 5.72. The zero-order valence-electron chi connectivity index (χ0n) is 13.1. The lowest BCUT2D eigenvalue weighted by atomic mass is 10.2. The van der Waals surface area contributed by atoms with Crippen molar-refractivity contribution < 1.29 is 13.2 Å². The standard InChI is InChI=1S/C17H14N4O3S/c18-9-11-21(12-10-19)17(22)14-5-4-6-15(13-14)20-25(23,24)16-7-2-1-3-8-16/h1-8,13,20H,11-12H2. The number of sulfonamides is 1. The molecule has 2 aromatic carbocycles. The Morgan fingerprint density at radius 3 is 2.24 bits per heavy atom. The van der Waals surface area contributed by atoms with Crippen molar-refractivity contribution in [1.29, 1.82) is 10.5 Å². The van der Waals surface area contributed by atoms with Crippen molar-refractivity contribution in [3.05, 3.63) is 60.2 Å². The summed E-state index contributed by atoms with van der Waals surface area (Å²) in [5.41, 5.74) is 0.391. The highest BCUT2D eigenvalue weighted by Crippen LogP contribution is 2.18. The van der Waals surface area contributed by atoms with E-state index >= 15 is 0 Å². The van der Waals surface area contributed by atoms with Crippen LogP contribution >= 0.6 is 0 Å². The second kappa shape index (κ2) is 7.95. The van der Waals surface area contributed by atoms with Crippen LogP contribution in [0.25, 0.3) is 0 Å². The quantitative estimate of drug-likeness (QED) is 0.797. The number of amides is 1. The van der Waals surface area contributed by atoms with E-state index in [1.165, 1.54) is 36.4 Å². The highest BCUT2D eigenvalue weighted by Gasteiger charge is 2.17. The third-order valence-electron chi connectivity index (χ3n) is 3.23. The molecule has 0 saturated carbocycles. The minimum absolute atomic E-state index is 0.0994. The second-order valence-electron chi connectivity index (χ2n) is 4.98. The Morgan fingerprint density at radius 1 is 1.00 bits per heavy atom. The molecular formula is C17H14N4O3S. The SMILES string of the molecule is N#CCN(CC#N)C(=O)c1cccc(NS(=O)(=O)c2ccccc2)c1. The van der Waals surface area contributed by atoms with Crippen molar-refractivity contribution in [2.75, 3.05) is 17.8 Å². The monoisotopic (exact) mass is 354 g/mol. The fraction of sp³-hybridized carbons (Fsp3) is 0.118. The average Bonchev–Trinajstić information content (AvgIpc) is 2.61. The number of hydrogen-bond donors (Lipinski definition) is 1. The molecule has 126 valence electrons. The smallest absolute Gasteiger partial charge is 0.261 e. The van der Waals surface area contributed by atoms with Gasteiger partial charge in [0.15, 0.2) is 0 Å². The van der Waals surface area contributed by atoms with Crippen LogP contribution in [0.5, 0.6) is 0 Å². The fourth-order valence-electron chi connectivity index (χ4n) is 2.08. The number of rotatable bonds is 6. The molecule has 0 aliphatic carbocycles. The summed E-state index contributed by atoms with van der Waals surface area (Å²) in [4.78, 5) is 13.5. The van der Waals surface area contributed by atoms with Gasteiger partial charge in [0, 0.05) is 11.3 Å². The number of benzene rings is 2. The van der Waals surface area contributed by atoms with E-state index in [0.29, 0.717) is 0 Å². The molecule has 1 N–H and O–H groups in total. The first-order valence-corrected chi connectivity index (χ1v) is 8.67. The van der Waals surface area contributed by atoms with E-state index in [9.17, 15) is 13.2 Å². The molecule has 0 radical (unpaired) electrons. The molecule has 1 amide bonds. The van der Waals surface area contributed by atoms with E-state index in [0.717, 1.165) is 4.90 Å². The summed E-state index contributed by atoms with van der Waals surface area (Å²) in [6.45, 7) is -0.460. The minimum atomic E-state index is -3.78. The Hall–Kier alpha value is -3.36. The van der Waals surface area contributed by atoms with Gasteiger partial charge in [0.05, 0.1) is 17.0 Å². The molecule has 0 aromatic heterocycles. The predicted molar refractivity (Wildman–Crippen MR) is 90.8 cm³/mol. The fourth-order valence-corrected chi connectivity index (χ4v) is 3.15. The lowest BCUT2D eigenvalue weighted by molar-refractivity contribution is 0.0794. The molecule has 7 nitrogen and oxygen atoms in total. The van der Waals surface area contributed by atoms with Gasteiger partial charge >= 0.3 is 0 Å². The van der Waals surface area contributed by atoms with Crippen molar-refractivity contribution >= 4 is 21.6 Å². The summed E-state index contributed by atoms with van der Waals surface area (Å²) >= 11 is 0. The molecule has 0 heterocycles. The van der Waals surface area contributed by atoms with Gasteiger partial charge in [-0.15, -0.1) is 0 Å². The molecular weight excluding hydrogens is 340 g/mol. The highest BCUT2D eigenvalue weighted by molar-refractivity contribution is 7.92. The molecule has 8 heteroatoms. The normalized spacial score (nSPS) is 10.3. The van der Waals surface area contributed by atoms with Crippen molar-refractivity contribution in [2.24, 2.45) is 0 Å². The van der Waals surface area contributed by atoms with Gasteiger partial charge in [-0.2, -0.15) is 10.5 Å². The van der Waals surface area contributed by atoms with Crippen LogP contribution in [0.1, 0.15) is 10.4 Å². The van der Waals surface area contributed by atoms with E-state index in [1.54, 1.807) is 18.2 Å². The van der Waals surface area contributed by atoms with Gasteiger partial charge in [-0.25, -0.2) is 8.42 Å². The number of carbonyl (C=O) groups is 1. The van der Waals surface area contributed by atoms with Gasteiger partial charge < -0.3 is 4.90 Å². The third-order valence-corrected chi connectivity index (χ3v) is 4.62. The lowest BCUT2D eigenvalue weighted by Gasteiger charge is -2.16. The van der Waals surface area contributed by atoms with E-state index in [1.807, 2.05) is 12.1 Å². The van der Waals surface area contributed by atoms with Crippen molar-refractivity contribution in [1.82, 2.24) is 4.90 Å². The molecule has 25 heavy (non-hydrogen) atoms. The first-order valence-electron chi connectivity index (χ1n) is 7.19. The number of anilines is 1. The first-order chi connectivity index (χ1) is 12.0. The zero-order valence-corrected chi connectivity index (χ0v) is 13.9. The average molecular weight is 354 g/mol. The molecule has 0 fully saturated rings. The molecule has 0 bridgehead atoms. The number of nitriles is 2. The van der Waals surface area contributed by atoms with E-state index in [2.05, 4.69) is 4.72 Å². The molecule has 0 aliphatic rings. The Morgan fingerprint density at radius 2 is 1.64 bits per heavy atom. The molecule has 0 saturated heterocycles. The summed E-state index contributed by atoms with van der Waals surface area (Å²) in [6.07, 6.45) is 0. The Labute approximate surface area is 145 Å². The van der Waals surface area contributed by atoms with E-state index in [4.69, 9.17) is 10.5 Å². The third kappa shape index (κ3) is 4.56. The van der Waals surface area contributed by atoms with E-state index < -0.39 is 15.9 Å². The van der Waals surface area contributed by atoms with Crippen LogP contribution in [0.15, 0.2) is 59.5 Å². The van der Waals surface area contributed by atoms with Crippen LogP contribution in [0.2, 0.25) is 0 Å². The van der Waals surface area contributed by atoms with Gasteiger partial charge in [-0.3, -0.25) is 9.52 Å². The van der Waals surface area contributed by atoms with Crippen LogP contribution < -0.4 is 4.72 Å². The Balaban J connectivity index is 2.26. The molecule has 0 atom stereocenters. The summed E-state index contributed by atoms with van der Waals surface area (Å²) in [6, 6.07) is 17.4. The number of nitrogens with one attached hydrogen (secondary N) is 1. The minimum Gasteiger partial charge on any atom is -0.312 e. The van der Waals surface area contributed by atoms with Crippen molar-refractivity contribution in [3.8, 4) is 12.1 Å². The van der Waals surface area contributed by atoms with Gasteiger partial charge in [0.25, 0.3) is 15.9 Å². The lowest BCUT2D eigenvalue weighted by Crippen LogP contribution is -2.31. The number of nitrogens with zero attached hydrogens (tertiary/aromatic N) is 3. The van der Waals surface area contributed by atoms with Gasteiger partial charge in [0.2, 0.25) is 0 Å². The van der Waals surface area contributed by atoms with Crippen molar-refractivity contribution in [3.63, 3.8) is 0 Å². The summed E-state index contributed by atoms with van der Waals surface area (Å²) in [7, 11) is -3.78. The largest absolute Gasteiger partial charge is 0.312 e.